The topological polar surface area (TPSA) is 103 Å². The average molecular weight is 277 g/mol. The molecule has 2 rings (SSSR count). The second-order valence-electron chi connectivity index (χ2n) is 3.70. The summed E-state index contributed by atoms with van der Waals surface area (Å²) in [6, 6.07) is 5.82. The number of rotatable bonds is 4. The Morgan fingerprint density at radius 1 is 1.60 bits per heavy atom. The molecular weight excluding hydrogens is 266 g/mol. The zero-order valence-corrected chi connectivity index (χ0v) is 10.5. The van der Waals surface area contributed by atoms with Gasteiger partial charge in [0.2, 0.25) is 11.8 Å². The van der Waals surface area contributed by atoms with Gasteiger partial charge in [0, 0.05) is 17.7 Å². The summed E-state index contributed by atoms with van der Waals surface area (Å²) >= 11 is 0. The maximum atomic E-state index is 11.2. The van der Waals surface area contributed by atoms with Crippen LogP contribution in [-0.2, 0) is 14.3 Å². The van der Waals surface area contributed by atoms with Crippen LogP contribution in [0.2, 0.25) is 0 Å². The van der Waals surface area contributed by atoms with E-state index < -0.39 is 10.9 Å². The number of benzene rings is 1. The maximum absolute atomic E-state index is 11.2. The van der Waals surface area contributed by atoms with Crippen molar-refractivity contribution in [2.75, 3.05) is 6.61 Å². The summed E-state index contributed by atoms with van der Waals surface area (Å²) in [7, 11) is 0. The van der Waals surface area contributed by atoms with E-state index in [-0.39, 0.29) is 24.1 Å². The van der Waals surface area contributed by atoms with E-state index in [1.807, 2.05) is 0 Å². The molecule has 0 unspecified atom stereocenters. The fourth-order valence-corrected chi connectivity index (χ4v) is 1.48. The molecule has 1 heterocycles. The van der Waals surface area contributed by atoms with E-state index in [2.05, 4.69) is 10.5 Å². The molecule has 0 saturated heterocycles. The molecular formula is C12H11N3O5. The van der Waals surface area contributed by atoms with Crippen molar-refractivity contribution < 1.29 is 19.2 Å². The van der Waals surface area contributed by atoms with E-state index in [9.17, 15) is 14.9 Å². The van der Waals surface area contributed by atoms with Crippen molar-refractivity contribution in [1.29, 1.82) is 0 Å². The molecule has 0 aromatic heterocycles. The number of nitrogens with one attached hydrogen (secondary N) is 1. The van der Waals surface area contributed by atoms with Crippen LogP contribution in [0.3, 0.4) is 0 Å². The molecule has 8 nitrogen and oxygen atoms in total. The lowest BCUT2D eigenvalue weighted by atomic mass is 10.2. The summed E-state index contributed by atoms with van der Waals surface area (Å²) in [6.45, 7) is 1.94. The number of carbonyl (C=O) groups excluding carboxylic acids is 1. The van der Waals surface area contributed by atoms with Crippen LogP contribution >= 0.6 is 0 Å². The summed E-state index contributed by atoms with van der Waals surface area (Å²) in [5, 5.41) is 14.5. The second kappa shape index (κ2) is 5.83. The highest BCUT2D eigenvalue weighted by Crippen LogP contribution is 2.17. The van der Waals surface area contributed by atoms with E-state index >= 15 is 0 Å². The van der Waals surface area contributed by atoms with Crippen molar-refractivity contribution in [3.8, 4) is 0 Å². The van der Waals surface area contributed by atoms with Gasteiger partial charge in [-0.25, -0.2) is 10.2 Å². The SMILES string of the molecule is CCOC(=O)C=C1NN=C(c2cccc([N+](=O)[O-])c2)O1. The lowest BCUT2D eigenvalue weighted by Gasteiger charge is -2.01. The van der Waals surface area contributed by atoms with E-state index in [4.69, 9.17) is 9.47 Å². The fraction of sp³-hybridized carbons (Fsp3) is 0.167. The molecule has 0 saturated carbocycles. The summed E-state index contributed by atoms with van der Waals surface area (Å²) in [4.78, 5) is 21.4. The number of nitrogens with zero attached hydrogens (tertiary/aromatic N) is 2. The van der Waals surface area contributed by atoms with Gasteiger partial charge in [0.15, 0.2) is 0 Å². The number of nitro groups is 1. The van der Waals surface area contributed by atoms with Gasteiger partial charge in [-0.3, -0.25) is 10.1 Å². The molecule has 1 aromatic rings. The number of hydrogen-bond donors (Lipinski definition) is 1. The van der Waals surface area contributed by atoms with Crippen LogP contribution in [0.15, 0.2) is 41.3 Å². The Morgan fingerprint density at radius 3 is 3.10 bits per heavy atom. The minimum atomic E-state index is -0.564. The number of nitro benzene ring substituents is 1. The normalized spacial score (nSPS) is 15.2. The van der Waals surface area contributed by atoms with Gasteiger partial charge in [0.05, 0.1) is 17.6 Å². The van der Waals surface area contributed by atoms with Gasteiger partial charge in [-0.15, -0.1) is 5.10 Å². The van der Waals surface area contributed by atoms with Crippen molar-refractivity contribution in [1.82, 2.24) is 5.43 Å². The van der Waals surface area contributed by atoms with Gasteiger partial charge in [-0.1, -0.05) is 6.07 Å². The Labute approximate surface area is 113 Å². The molecule has 0 atom stereocenters. The maximum Gasteiger partial charge on any atom is 0.336 e. The molecule has 1 N–H and O–H groups in total. The quantitative estimate of drug-likeness (QED) is 0.385. The molecule has 1 aromatic carbocycles. The molecule has 0 radical (unpaired) electrons. The summed E-state index contributed by atoms with van der Waals surface area (Å²) in [6.07, 6.45) is 1.11. The summed E-state index contributed by atoms with van der Waals surface area (Å²) < 4.78 is 10.00. The van der Waals surface area contributed by atoms with E-state index in [1.165, 1.54) is 18.2 Å². The highest BCUT2D eigenvalue weighted by atomic mass is 16.6. The minimum Gasteiger partial charge on any atom is -0.463 e. The van der Waals surface area contributed by atoms with Gasteiger partial charge in [-0.2, -0.15) is 0 Å². The predicted molar refractivity (Wildman–Crippen MR) is 68.6 cm³/mol. The van der Waals surface area contributed by atoms with E-state index in [1.54, 1.807) is 13.0 Å². The third-order valence-electron chi connectivity index (χ3n) is 2.31. The van der Waals surface area contributed by atoms with Crippen molar-refractivity contribution in [3.05, 3.63) is 51.9 Å². The Bertz CT molecular complexity index is 609. The lowest BCUT2D eigenvalue weighted by Crippen LogP contribution is -2.07. The minimum absolute atomic E-state index is 0.0726. The molecule has 1 aliphatic heterocycles. The van der Waals surface area contributed by atoms with Crippen LogP contribution in [0, 0.1) is 10.1 Å². The highest BCUT2D eigenvalue weighted by molar-refractivity contribution is 5.96. The van der Waals surface area contributed by atoms with Gasteiger partial charge in [-0.05, 0) is 13.0 Å². The second-order valence-corrected chi connectivity index (χ2v) is 3.70. The average Bonchev–Trinajstić information content (AvgIpc) is 2.87. The van der Waals surface area contributed by atoms with Gasteiger partial charge < -0.3 is 9.47 Å². The van der Waals surface area contributed by atoms with Crippen LogP contribution < -0.4 is 5.43 Å². The third-order valence-corrected chi connectivity index (χ3v) is 2.31. The summed E-state index contributed by atoms with van der Waals surface area (Å²) in [5.41, 5.74) is 2.86. The number of carbonyl (C=O) groups is 1. The predicted octanol–water partition coefficient (Wildman–Crippen LogP) is 1.28. The van der Waals surface area contributed by atoms with Crippen LogP contribution in [0.25, 0.3) is 0 Å². The number of non-ortho nitro benzene ring substituents is 1. The Kier molecular flexibility index (Phi) is 3.94. The first-order valence-corrected chi connectivity index (χ1v) is 5.75. The summed E-state index contributed by atoms with van der Waals surface area (Å²) in [5.74, 6) is -0.320. The first-order chi connectivity index (χ1) is 9.60. The Hall–Kier alpha value is -2.90. The van der Waals surface area contributed by atoms with Crippen molar-refractivity contribution in [3.63, 3.8) is 0 Å². The van der Waals surface area contributed by atoms with Gasteiger partial charge in [0.25, 0.3) is 5.69 Å². The van der Waals surface area contributed by atoms with Crippen LogP contribution in [-0.4, -0.2) is 23.4 Å². The standard InChI is InChI=1S/C12H11N3O5/c1-2-19-11(16)7-10-13-14-12(20-10)8-4-3-5-9(6-8)15(17)18/h3-7,13H,2H2,1H3. The van der Waals surface area contributed by atoms with Crippen molar-refractivity contribution in [2.45, 2.75) is 6.92 Å². The highest BCUT2D eigenvalue weighted by Gasteiger charge is 2.18. The largest absolute Gasteiger partial charge is 0.463 e. The molecule has 0 bridgehead atoms. The van der Waals surface area contributed by atoms with Crippen molar-refractivity contribution >= 4 is 17.6 Å². The van der Waals surface area contributed by atoms with Crippen LogP contribution in [0.5, 0.6) is 0 Å². The first kappa shape index (κ1) is 13.5. The lowest BCUT2D eigenvalue weighted by molar-refractivity contribution is -0.384. The smallest absolute Gasteiger partial charge is 0.336 e. The number of hydrogen-bond acceptors (Lipinski definition) is 7. The van der Waals surface area contributed by atoms with Crippen molar-refractivity contribution in [2.24, 2.45) is 5.10 Å². The molecule has 8 heteroatoms. The Balaban J connectivity index is 2.11. The van der Waals surface area contributed by atoms with Gasteiger partial charge >= 0.3 is 5.97 Å². The number of hydrazone groups is 1. The molecule has 0 amide bonds. The zero-order valence-electron chi connectivity index (χ0n) is 10.5. The monoisotopic (exact) mass is 277 g/mol. The number of ether oxygens (including phenoxy) is 2. The van der Waals surface area contributed by atoms with E-state index in [0.29, 0.717) is 5.56 Å². The van der Waals surface area contributed by atoms with Crippen LogP contribution in [0.4, 0.5) is 5.69 Å². The fourth-order valence-electron chi connectivity index (χ4n) is 1.48. The van der Waals surface area contributed by atoms with Crippen LogP contribution in [0.1, 0.15) is 12.5 Å². The van der Waals surface area contributed by atoms with E-state index in [0.717, 1.165) is 6.08 Å². The molecule has 0 aliphatic carbocycles. The zero-order chi connectivity index (χ0) is 14.5. The number of esters is 1. The molecule has 1 aliphatic rings. The Morgan fingerprint density at radius 2 is 2.40 bits per heavy atom. The molecule has 20 heavy (non-hydrogen) atoms. The molecule has 104 valence electrons. The molecule has 0 spiro atoms. The first-order valence-electron chi connectivity index (χ1n) is 5.75. The van der Waals surface area contributed by atoms with Gasteiger partial charge in [0.1, 0.15) is 0 Å². The third kappa shape index (κ3) is 3.10. The molecule has 0 fully saturated rings.